The quantitative estimate of drug-likeness (QED) is 0.730. The molecule has 27 heavy (non-hydrogen) atoms. The van der Waals surface area contributed by atoms with Crippen LogP contribution in [-0.4, -0.2) is 30.6 Å². The van der Waals surface area contributed by atoms with Crippen molar-refractivity contribution in [1.82, 2.24) is 10.6 Å². The lowest BCUT2D eigenvalue weighted by Crippen LogP contribution is -2.36. The average Bonchev–Trinajstić information content (AvgIpc) is 2.70. The Morgan fingerprint density at radius 3 is 2.37 bits per heavy atom. The molecule has 1 aliphatic rings. The molecule has 1 aliphatic carbocycles. The van der Waals surface area contributed by atoms with Crippen molar-refractivity contribution in [3.63, 3.8) is 0 Å². The molecule has 0 radical (unpaired) electrons. The summed E-state index contributed by atoms with van der Waals surface area (Å²) in [4.78, 5) is 24.3. The van der Waals surface area contributed by atoms with E-state index in [0.29, 0.717) is 6.54 Å². The highest BCUT2D eigenvalue weighted by atomic mass is 16.5. The van der Waals surface area contributed by atoms with Gasteiger partial charge in [0.15, 0.2) is 0 Å². The van der Waals surface area contributed by atoms with Crippen molar-refractivity contribution < 1.29 is 19.4 Å². The molecular formula is C21H24N2O4. The molecule has 0 heterocycles. The Bertz CT molecular complexity index is 831. The van der Waals surface area contributed by atoms with Crippen LogP contribution in [0.15, 0.2) is 36.4 Å². The van der Waals surface area contributed by atoms with E-state index in [2.05, 4.69) is 10.6 Å². The van der Waals surface area contributed by atoms with Gasteiger partial charge in [0.05, 0.1) is 19.2 Å². The molecule has 142 valence electrons. The summed E-state index contributed by atoms with van der Waals surface area (Å²) in [6, 6.07) is 10.8. The van der Waals surface area contributed by atoms with E-state index >= 15 is 0 Å². The lowest BCUT2D eigenvalue weighted by molar-refractivity contribution is -0.120. The van der Waals surface area contributed by atoms with Crippen LogP contribution in [0, 0.1) is 0 Å². The molecule has 6 heteroatoms. The number of methoxy groups -OCH3 is 1. The number of carbonyl (C=O) groups excluding carboxylic acids is 2. The fourth-order valence-corrected chi connectivity index (χ4v) is 3.22. The first-order valence-corrected chi connectivity index (χ1v) is 9.09. The topological polar surface area (TPSA) is 87.7 Å². The fraction of sp³-hybridized carbons (Fsp3) is 0.333. The molecule has 2 aromatic carbocycles. The Morgan fingerprint density at radius 2 is 1.70 bits per heavy atom. The SMILES string of the molecule is COc1ccc(CNC(=O)CNC(=O)c2cc3c(cc2O)CCCC3)cc1. The smallest absolute Gasteiger partial charge is 0.255 e. The second kappa shape index (κ2) is 8.58. The molecule has 0 fully saturated rings. The minimum absolute atomic E-state index is 0.0354. The van der Waals surface area contributed by atoms with Crippen molar-refractivity contribution in [3.05, 3.63) is 58.7 Å². The third-order valence-corrected chi connectivity index (χ3v) is 4.76. The number of aryl methyl sites for hydroxylation is 2. The monoisotopic (exact) mass is 368 g/mol. The lowest BCUT2D eigenvalue weighted by Gasteiger charge is -2.17. The number of amides is 2. The van der Waals surface area contributed by atoms with Gasteiger partial charge in [-0.1, -0.05) is 12.1 Å². The van der Waals surface area contributed by atoms with Crippen LogP contribution in [0.1, 0.15) is 39.9 Å². The number of carbonyl (C=O) groups is 2. The number of benzene rings is 2. The van der Waals surface area contributed by atoms with E-state index in [1.165, 1.54) is 0 Å². The lowest BCUT2D eigenvalue weighted by atomic mass is 9.90. The molecule has 0 unspecified atom stereocenters. The molecule has 0 atom stereocenters. The summed E-state index contributed by atoms with van der Waals surface area (Å²) in [5.74, 6) is -0.0222. The first-order chi connectivity index (χ1) is 13.1. The minimum atomic E-state index is -0.444. The number of phenols is 1. The molecule has 2 aromatic rings. The van der Waals surface area contributed by atoms with E-state index in [9.17, 15) is 14.7 Å². The standard InChI is InChI=1S/C21H24N2O4/c1-27-17-8-6-14(7-9-17)12-22-20(25)13-23-21(26)18-10-15-4-2-3-5-16(15)11-19(18)24/h6-11,24H,2-5,12-13H2,1H3,(H,22,25)(H,23,26). The van der Waals surface area contributed by atoms with Crippen LogP contribution in [0.3, 0.4) is 0 Å². The Labute approximate surface area is 158 Å². The van der Waals surface area contributed by atoms with Gasteiger partial charge < -0.3 is 20.5 Å². The van der Waals surface area contributed by atoms with Gasteiger partial charge in [0.25, 0.3) is 5.91 Å². The Morgan fingerprint density at radius 1 is 1.04 bits per heavy atom. The number of hydrogen-bond acceptors (Lipinski definition) is 4. The van der Waals surface area contributed by atoms with Gasteiger partial charge in [-0.2, -0.15) is 0 Å². The number of fused-ring (bicyclic) bond motifs is 1. The molecule has 3 N–H and O–H groups in total. The van der Waals surface area contributed by atoms with E-state index in [4.69, 9.17) is 4.74 Å². The maximum Gasteiger partial charge on any atom is 0.255 e. The molecule has 0 saturated carbocycles. The largest absolute Gasteiger partial charge is 0.507 e. The average molecular weight is 368 g/mol. The highest BCUT2D eigenvalue weighted by Gasteiger charge is 2.18. The number of nitrogens with one attached hydrogen (secondary N) is 2. The van der Waals surface area contributed by atoms with Crippen molar-refractivity contribution in [2.24, 2.45) is 0 Å². The third-order valence-electron chi connectivity index (χ3n) is 4.76. The van der Waals surface area contributed by atoms with Crippen LogP contribution in [0.5, 0.6) is 11.5 Å². The predicted octanol–water partition coefficient (Wildman–Crippen LogP) is 2.33. The Balaban J connectivity index is 1.51. The van der Waals surface area contributed by atoms with Gasteiger partial charge >= 0.3 is 0 Å². The molecule has 3 rings (SSSR count). The summed E-state index contributed by atoms with van der Waals surface area (Å²) in [6.07, 6.45) is 4.04. The zero-order chi connectivity index (χ0) is 19.2. The van der Waals surface area contributed by atoms with E-state index in [-0.39, 0.29) is 23.8 Å². The maximum atomic E-state index is 12.3. The zero-order valence-electron chi connectivity index (χ0n) is 15.4. The highest BCUT2D eigenvalue weighted by Crippen LogP contribution is 2.28. The summed E-state index contributed by atoms with van der Waals surface area (Å²) in [5.41, 5.74) is 3.36. The molecule has 0 bridgehead atoms. The van der Waals surface area contributed by atoms with E-state index < -0.39 is 5.91 Å². The van der Waals surface area contributed by atoms with Crippen LogP contribution in [0.2, 0.25) is 0 Å². The third kappa shape index (κ3) is 4.78. The number of hydrogen-bond donors (Lipinski definition) is 3. The van der Waals surface area contributed by atoms with Crippen molar-refractivity contribution in [1.29, 1.82) is 0 Å². The molecule has 2 amide bonds. The van der Waals surface area contributed by atoms with Crippen LogP contribution >= 0.6 is 0 Å². The van der Waals surface area contributed by atoms with Crippen LogP contribution in [-0.2, 0) is 24.2 Å². The van der Waals surface area contributed by atoms with Gasteiger partial charge in [-0.3, -0.25) is 9.59 Å². The Hall–Kier alpha value is -3.02. The first-order valence-electron chi connectivity index (χ1n) is 9.09. The molecule has 0 aliphatic heterocycles. The maximum absolute atomic E-state index is 12.3. The summed E-state index contributed by atoms with van der Waals surface area (Å²) in [6.45, 7) is 0.217. The number of aromatic hydroxyl groups is 1. The first kappa shape index (κ1) is 18.8. The van der Waals surface area contributed by atoms with E-state index in [0.717, 1.165) is 48.1 Å². The van der Waals surface area contributed by atoms with Crippen molar-refractivity contribution in [2.45, 2.75) is 32.2 Å². The van der Waals surface area contributed by atoms with E-state index in [1.807, 2.05) is 24.3 Å². The number of rotatable bonds is 6. The van der Waals surface area contributed by atoms with Crippen LogP contribution < -0.4 is 15.4 Å². The summed E-state index contributed by atoms with van der Waals surface area (Å²) in [5, 5.41) is 15.4. The number of ether oxygens (including phenoxy) is 1. The summed E-state index contributed by atoms with van der Waals surface area (Å²) >= 11 is 0. The van der Waals surface area contributed by atoms with Gasteiger partial charge in [0, 0.05) is 6.54 Å². The van der Waals surface area contributed by atoms with Gasteiger partial charge in [0.2, 0.25) is 5.91 Å². The molecular weight excluding hydrogens is 344 g/mol. The van der Waals surface area contributed by atoms with Gasteiger partial charge in [-0.05, 0) is 66.6 Å². The van der Waals surface area contributed by atoms with Crippen LogP contribution in [0.4, 0.5) is 0 Å². The second-order valence-corrected chi connectivity index (χ2v) is 6.65. The van der Waals surface area contributed by atoms with Crippen molar-refractivity contribution >= 4 is 11.8 Å². The molecule has 0 saturated heterocycles. The molecule has 0 spiro atoms. The zero-order valence-corrected chi connectivity index (χ0v) is 15.4. The second-order valence-electron chi connectivity index (χ2n) is 6.65. The Kier molecular flexibility index (Phi) is 5.96. The van der Waals surface area contributed by atoms with Gasteiger partial charge in [-0.25, -0.2) is 0 Å². The predicted molar refractivity (Wildman–Crippen MR) is 102 cm³/mol. The fourth-order valence-electron chi connectivity index (χ4n) is 3.22. The minimum Gasteiger partial charge on any atom is -0.507 e. The number of phenolic OH excluding ortho intramolecular Hbond substituents is 1. The molecule has 0 aromatic heterocycles. The van der Waals surface area contributed by atoms with Crippen molar-refractivity contribution in [3.8, 4) is 11.5 Å². The van der Waals surface area contributed by atoms with Gasteiger partial charge in [-0.15, -0.1) is 0 Å². The van der Waals surface area contributed by atoms with Crippen molar-refractivity contribution in [2.75, 3.05) is 13.7 Å². The van der Waals surface area contributed by atoms with Crippen LogP contribution in [0.25, 0.3) is 0 Å². The summed E-state index contributed by atoms with van der Waals surface area (Å²) in [7, 11) is 1.60. The normalized spacial score (nSPS) is 12.8. The molecule has 6 nitrogen and oxygen atoms in total. The van der Waals surface area contributed by atoms with Gasteiger partial charge in [0.1, 0.15) is 11.5 Å². The van der Waals surface area contributed by atoms with E-state index in [1.54, 1.807) is 19.2 Å². The highest BCUT2D eigenvalue weighted by molar-refractivity contribution is 5.99. The summed E-state index contributed by atoms with van der Waals surface area (Å²) < 4.78 is 5.09.